The molecule has 1 saturated heterocycles. The van der Waals surface area contributed by atoms with Crippen molar-refractivity contribution >= 4 is 11.7 Å². The van der Waals surface area contributed by atoms with Crippen LogP contribution in [0, 0.1) is 0 Å². The monoisotopic (exact) mass is 266 g/mol. The number of benzene rings is 1. The third kappa shape index (κ3) is 3.36. The van der Waals surface area contributed by atoms with Gasteiger partial charge in [0.15, 0.2) is 5.75 Å². The summed E-state index contributed by atoms with van der Waals surface area (Å²) < 4.78 is 11.1. The minimum Gasteiger partial charge on any atom is -0.488 e. The minimum absolute atomic E-state index is 0.0694. The van der Waals surface area contributed by atoms with Crippen LogP contribution in [0.2, 0.25) is 0 Å². The summed E-state index contributed by atoms with van der Waals surface area (Å²) in [6.07, 6.45) is -0.0694. The van der Waals surface area contributed by atoms with Crippen LogP contribution >= 0.6 is 0 Å². The smallest absolute Gasteiger partial charge is 0.339 e. The molecule has 19 heavy (non-hydrogen) atoms. The van der Waals surface area contributed by atoms with E-state index >= 15 is 0 Å². The highest BCUT2D eigenvalue weighted by atomic mass is 16.5. The van der Waals surface area contributed by atoms with E-state index < -0.39 is 5.97 Å². The van der Waals surface area contributed by atoms with E-state index in [1.807, 2.05) is 7.05 Å². The summed E-state index contributed by atoms with van der Waals surface area (Å²) >= 11 is 0. The molecule has 1 aromatic carbocycles. The average Bonchev–Trinajstić information content (AvgIpc) is 2.37. The Balaban J connectivity index is 2.04. The number of ether oxygens (including phenoxy) is 2. The Morgan fingerprint density at radius 2 is 2.42 bits per heavy atom. The van der Waals surface area contributed by atoms with E-state index in [1.54, 1.807) is 12.1 Å². The van der Waals surface area contributed by atoms with Crippen molar-refractivity contribution in [2.45, 2.75) is 6.10 Å². The SMILES string of the molecule is CN1CCOC(COc2c(N)cccc2C(=O)O)C1. The quantitative estimate of drug-likeness (QED) is 0.779. The Hall–Kier alpha value is -1.79. The van der Waals surface area contributed by atoms with E-state index in [-0.39, 0.29) is 17.4 Å². The Morgan fingerprint density at radius 3 is 3.11 bits per heavy atom. The van der Waals surface area contributed by atoms with Gasteiger partial charge in [0, 0.05) is 13.1 Å². The zero-order chi connectivity index (χ0) is 13.8. The maximum atomic E-state index is 11.1. The van der Waals surface area contributed by atoms with Gasteiger partial charge in [-0.1, -0.05) is 6.07 Å². The highest BCUT2D eigenvalue weighted by molar-refractivity contribution is 5.93. The van der Waals surface area contributed by atoms with Gasteiger partial charge in [-0.25, -0.2) is 4.79 Å². The van der Waals surface area contributed by atoms with Crippen molar-refractivity contribution in [1.29, 1.82) is 0 Å². The van der Waals surface area contributed by atoms with Crippen molar-refractivity contribution in [2.75, 3.05) is 39.1 Å². The summed E-state index contributed by atoms with van der Waals surface area (Å²) in [4.78, 5) is 13.2. The second kappa shape index (κ2) is 5.90. The zero-order valence-electron chi connectivity index (χ0n) is 10.8. The lowest BCUT2D eigenvalue weighted by Gasteiger charge is -2.30. The number of carboxylic acid groups (broad SMARTS) is 1. The number of aromatic carboxylic acids is 1. The average molecular weight is 266 g/mol. The van der Waals surface area contributed by atoms with Gasteiger partial charge in [-0.05, 0) is 19.2 Å². The molecule has 0 aromatic heterocycles. The van der Waals surface area contributed by atoms with Gasteiger partial charge in [0.1, 0.15) is 18.3 Å². The van der Waals surface area contributed by atoms with Crippen molar-refractivity contribution in [2.24, 2.45) is 0 Å². The first-order valence-corrected chi connectivity index (χ1v) is 6.12. The van der Waals surface area contributed by atoms with Crippen molar-refractivity contribution in [3.63, 3.8) is 0 Å². The molecule has 3 N–H and O–H groups in total. The van der Waals surface area contributed by atoms with Crippen LogP contribution in [0.15, 0.2) is 18.2 Å². The molecule has 1 aliphatic rings. The number of nitrogens with zero attached hydrogens (tertiary/aromatic N) is 1. The molecular weight excluding hydrogens is 248 g/mol. The fourth-order valence-electron chi connectivity index (χ4n) is 2.03. The third-order valence-electron chi connectivity index (χ3n) is 3.03. The molecule has 0 bridgehead atoms. The molecule has 1 unspecified atom stereocenters. The summed E-state index contributed by atoms with van der Waals surface area (Å²) in [7, 11) is 2.01. The number of hydrogen-bond donors (Lipinski definition) is 2. The molecule has 1 aliphatic heterocycles. The number of carboxylic acids is 1. The second-order valence-electron chi connectivity index (χ2n) is 4.60. The fourth-order valence-corrected chi connectivity index (χ4v) is 2.03. The molecule has 6 nitrogen and oxygen atoms in total. The zero-order valence-corrected chi connectivity index (χ0v) is 10.8. The Morgan fingerprint density at radius 1 is 1.63 bits per heavy atom. The van der Waals surface area contributed by atoms with E-state index in [9.17, 15) is 4.79 Å². The van der Waals surface area contributed by atoms with Gasteiger partial charge < -0.3 is 25.2 Å². The van der Waals surface area contributed by atoms with Crippen LogP contribution < -0.4 is 10.5 Å². The normalized spacial score (nSPS) is 20.2. The summed E-state index contributed by atoms with van der Waals surface area (Å²) in [5, 5.41) is 9.09. The van der Waals surface area contributed by atoms with Crippen LogP contribution in [0.4, 0.5) is 5.69 Å². The lowest BCUT2D eigenvalue weighted by atomic mass is 10.1. The Kier molecular flexibility index (Phi) is 4.24. The predicted molar refractivity (Wildman–Crippen MR) is 70.5 cm³/mol. The first kappa shape index (κ1) is 13.6. The van der Waals surface area contributed by atoms with Gasteiger partial charge in [-0.2, -0.15) is 0 Å². The molecule has 1 fully saturated rings. The summed E-state index contributed by atoms with van der Waals surface area (Å²) in [6, 6.07) is 4.69. The van der Waals surface area contributed by atoms with E-state index in [2.05, 4.69) is 4.90 Å². The van der Waals surface area contributed by atoms with Crippen LogP contribution in [-0.2, 0) is 4.74 Å². The maximum absolute atomic E-state index is 11.1. The number of morpholine rings is 1. The molecule has 104 valence electrons. The highest BCUT2D eigenvalue weighted by Gasteiger charge is 2.20. The van der Waals surface area contributed by atoms with Gasteiger partial charge in [0.2, 0.25) is 0 Å². The van der Waals surface area contributed by atoms with Crippen molar-refractivity contribution in [3.05, 3.63) is 23.8 Å². The third-order valence-corrected chi connectivity index (χ3v) is 3.03. The largest absolute Gasteiger partial charge is 0.488 e. The van der Waals surface area contributed by atoms with Crippen molar-refractivity contribution in [1.82, 2.24) is 4.90 Å². The van der Waals surface area contributed by atoms with Crippen LogP contribution in [0.3, 0.4) is 0 Å². The summed E-state index contributed by atoms with van der Waals surface area (Å²) in [5.41, 5.74) is 6.16. The summed E-state index contributed by atoms with van der Waals surface area (Å²) in [5.74, 6) is -0.837. The highest BCUT2D eigenvalue weighted by Crippen LogP contribution is 2.26. The molecule has 0 saturated carbocycles. The minimum atomic E-state index is -1.05. The van der Waals surface area contributed by atoms with E-state index in [4.69, 9.17) is 20.3 Å². The van der Waals surface area contributed by atoms with E-state index in [0.29, 0.717) is 18.9 Å². The maximum Gasteiger partial charge on any atom is 0.339 e. The number of hydrogen-bond acceptors (Lipinski definition) is 5. The predicted octanol–water partition coefficient (Wildman–Crippen LogP) is 0.676. The number of nitrogens with two attached hydrogens (primary N) is 1. The van der Waals surface area contributed by atoms with E-state index in [1.165, 1.54) is 6.07 Å². The van der Waals surface area contributed by atoms with Gasteiger partial charge in [0.25, 0.3) is 0 Å². The van der Waals surface area contributed by atoms with Crippen LogP contribution in [0.25, 0.3) is 0 Å². The number of nitrogen functional groups attached to an aromatic ring is 1. The van der Waals surface area contributed by atoms with Gasteiger partial charge in [-0.3, -0.25) is 0 Å². The molecule has 0 spiro atoms. The summed E-state index contributed by atoms with van der Waals surface area (Å²) in [6.45, 7) is 2.60. The molecular formula is C13H18N2O4. The molecule has 0 amide bonds. The molecule has 1 heterocycles. The number of anilines is 1. The second-order valence-corrected chi connectivity index (χ2v) is 4.60. The number of rotatable bonds is 4. The first-order chi connectivity index (χ1) is 9.08. The standard InChI is InChI=1S/C13H18N2O4/c1-15-5-6-18-9(7-15)8-19-12-10(13(16)17)3-2-4-11(12)14/h2-4,9H,5-8,14H2,1H3,(H,16,17). The van der Waals surface area contributed by atoms with E-state index in [0.717, 1.165) is 13.1 Å². The molecule has 2 rings (SSSR count). The molecule has 1 atom stereocenters. The van der Waals surface area contributed by atoms with Crippen LogP contribution in [0.1, 0.15) is 10.4 Å². The lowest BCUT2D eigenvalue weighted by Crippen LogP contribution is -2.42. The van der Waals surface area contributed by atoms with Gasteiger partial charge in [-0.15, -0.1) is 0 Å². The van der Waals surface area contributed by atoms with Gasteiger partial charge in [0.05, 0.1) is 12.3 Å². The Labute approximate surface area is 111 Å². The fraction of sp³-hybridized carbons (Fsp3) is 0.462. The Bertz CT molecular complexity index is 464. The van der Waals surface area contributed by atoms with Crippen LogP contribution in [0.5, 0.6) is 5.75 Å². The number of para-hydroxylation sites is 1. The van der Waals surface area contributed by atoms with Gasteiger partial charge >= 0.3 is 5.97 Å². The lowest BCUT2D eigenvalue weighted by molar-refractivity contribution is -0.0403. The molecule has 6 heteroatoms. The molecule has 0 radical (unpaired) electrons. The molecule has 0 aliphatic carbocycles. The first-order valence-electron chi connectivity index (χ1n) is 6.12. The number of likely N-dealkylation sites (N-methyl/N-ethyl adjacent to an activating group) is 1. The topological polar surface area (TPSA) is 85.0 Å². The molecule has 1 aromatic rings. The van der Waals surface area contributed by atoms with Crippen molar-refractivity contribution in [3.8, 4) is 5.75 Å². The van der Waals surface area contributed by atoms with Crippen LogP contribution in [-0.4, -0.2) is 55.4 Å². The number of carbonyl (C=O) groups is 1. The van der Waals surface area contributed by atoms with Crippen molar-refractivity contribution < 1.29 is 19.4 Å².